The summed E-state index contributed by atoms with van der Waals surface area (Å²) >= 11 is 0. The van der Waals surface area contributed by atoms with Gasteiger partial charge in [-0.15, -0.1) is 0 Å². The second kappa shape index (κ2) is 5.62. The summed E-state index contributed by atoms with van der Waals surface area (Å²) in [5.74, 6) is 0.783. The smallest absolute Gasteiger partial charge is 0.348 e. The van der Waals surface area contributed by atoms with Crippen molar-refractivity contribution in [3.8, 4) is 0 Å². The predicted octanol–water partition coefficient (Wildman–Crippen LogP) is 0.704. The zero-order valence-electron chi connectivity index (χ0n) is 11.7. The lowest BCUT2D eigenvalue weighted by molar-refractivity contribution is 0.219. The fourth-order valence-electron chi connectivity index (χ4n) is 2.71. The van der Waals surface area contributed by atoms with E-state index < -0.39 is 0 Å². The van der Waals surface area contributed by atoms with Crippen molar-refractivity contribution in [2.24, 2.45) is 0 Å². The van der Waals surface area contributed by atoms with Gasteiger partial charge in [0.05, 0.1) is 0 Å². The van der Waals surface area contributed by atoms with Crippen molar-refractivity contribution in [2.45, 2.75) is 32.2 Å². The molecule has 2 aromatic rings. The molecule has 0 bridgehead atoms. The number of piperidine rings is 1. The van der Waals surface area contributed by atoms with Gasteiger partial charge >= 0.3 is 5.69 Å². The van der Waals surface area contributed by atoms with Crippen molar-refractivity contribution < 1.29 is 0 Å². The van der Waals surface area contributed by atoms with E-state index in [1.165, 1.54) is 23.7 Å². The molecule has 0 amide bonds. The lowest BCUT2D eigenvalue weighted by Crippen LogP contribution is -2.39. The molecule has 3 heterocycles. The van der Waals surface area contributed by atoms with Gasteiger partial charge in [-0.2, -0.15) is 5.10 Å². The highest BCUT2D eigenvalue weighted by atomic mass is 16.1. The number of fused-ring (bicyclic) bond motifs is 1. The number of hydrogen-bond acceptors (Lipinski definition) is 5. The van der Waals surface area contributed by atoms with E-state index in [2.05, 4.69) is 32.3 Å². The maximum Gasteiger partial charge on any atom is 0.348 e. The topological polar surface area (TPSA) is 78.3 Å². The van der Waals surface area contributed by atoms with Crippen LogP contribution in [0.2, 0.25) is 0 Å². The third kappa shape index (κ3) is 2.67. The number of likely N-dealkylation sites (tertiary alicyclic amines) is 1. The molecule has 0 unspecified atom stereocenters. The first-order valence-electron chi connectivity index (χ1n) is 7.18. The molecular weight excluding hydrogens is 256 g/mol. The molecule has 1 saturated heterocycles. The first-order valence-corrected chi connectivity index (χ1v) is 7.18. The summed E-state index contributed by atoms with van der Waals surface area (Å²) in [5, 5.41) is 9.79. The van der Waals surface area contributed by atoms with Crippen molar-refractivity contribution in [2.75, 3.05) is 25.0 Å². The van der Waals surface area contributed by atoms with Gasteiger partial charge in [0.2, 0.25) is 0 Å². The summed E-state index contributed by atoms with van der Waals surface area (Å²) in [6.07, 6.45) is 4.97. The van der Waals surface area contributed by atoms with Crippen LogP contribution in [0.1, 0.15) is 26.2 Å². The van der Waals surface area contributed by atoms with Crippen LogP contribution in [0.25, 0.3) is 5.65 Å². The van der Waals surface area contributed by atoms with E-state index in [1.807, 2.05) is 0 Å². The Bertz CT molecular complexity index is 625. The maximum absolute atomic E-state index is 11.4. The van der Waals surface area contributed by atoms with Crippen molar-refractivity contribution >= 4 is 11.5 Å². The Morgan fingerprint density at radius 3 is 3.00 bits per heavy atom. The highest BCUT2D eigenvalue weighted by molar-refractivity contribution is 5.48. The molecule has 2 aromatic heterocycles. The third-order valence-electron chi connectivity index (χ3n) is 3.79. The molecule has 2 N–H and O–H groups in total. The fourth-order valence-corrected chi connectivity index (χ4v) is 2.71. The minimum Gasteiger partial charge on any atom is -0.367 e. The van der Waals surface area contributed by atoms with Gasteiger partial charge in [0.1, 0.15) is 12.1 Å². The summed E-state index contributed by atoms with van der Waals surface area (Å²) in [6.45, 7) is 5.67. The number of nitrogens with one attached hydrogen (secondary N) is 2. The lowest BCUT2D eigenvalue weighted by atomic mass is 10.0. The molecule has 0 atom stereocenters. The van der Waals surface area contributed by atoms with Crippen LogP contribution in [0, 0.1) is 0 Å². The molecule has 0 saturated carbocycles. The van der Waals surface area contributed by atoms with Crippen molar-refractivity contribution in [3.05, 3.63) is 22.9 Å². The second-order valence-electron chi connectivity index (χ2n) is 5.29. The first kappa shape index (κ1) is 13.1. The molecule has 20 heavy (non-hydrogen) atoms. The molecule has 0 spiro atoms. The molecule has 0 aromatic carbocycles. The number of H-pyrrole nitrogens is 1. The quantitative estimate of drug-likeness (QED) is 0.859. The van der Waals surface area contributed by atoms with E-state index in [9.17, 15) is 4.79 Å². The Morgan fingerprint density at radius 1 is 1.45 bits per heavy atom. The van der Waals surface area contributed by atoms with Crippen LogP contribution in [0.3, 0.4) is 0 Å². The van der Waals surface area contributed by atoms with Crippen LogP contribution in [0.4, 0.5) is 5.82 Å². The van der Waals surface area contributed by atoms with E-state index in [0.29, 0.717) is 11.7 Å². The molecule has 3 rings (SSSR count). The highest BCUT2D eigenvalue weighted by Crippen LogP contribution is 2.15. The first-order chi connectivity index (χ1) is 9.76. The average molecular weight is 276 g/mol. The van der Waals surface area contributed by atoms with Gasteiger partial charge in [0, 0.05) is 25.2 Å². The van der Waals surface area contributed by atoms with Gasteiger partial charge in [-0.3, -0.25) is 0 Å². The zero-order valence-corrected chi connectivity index (χ0v) is 11.7. The minimum absolute atomic E-state index is 0.257. The average Bonchev–Trinajstić information content (AvgIpc) is 2.83. The Labute approximate surface area is 117 Å². The lowest BCUT2D eigenvalue weighted by Gasteiger charge is -2.32. The van der Waals surface area contributed by atoms with Crippen LogP contribution in [-0.2, 0) is 0 Å². The normalized spacial score (nSPS) is 17.6. The summed E-state index contributed by atoms with van der Waals surface area (Å²) < 4.78 is 1.40. The standard InChI is InChI=1S/C13H20N6O/c1-2-5-18-6-3-10(4-7-18)15-11-8-12-16-17-13(20)19(12)9-14-11/h8-10,15H,2-7H2,1H3,(H,17,20). The third-order valence-corrected chi connectivity index (χ3v) is 3.79. The number of rotatable bonds is 4. The number of aromatic amines is 1. The highest BCUT2D eigenvalue weighted by Gasteiger charge is 2.18. The number of nitrogens with zero attached hydrogens (tertiary/aromatic N) is 4. The number of hydrogen-bond donors (Lipinski definition) is 2. The molecule has 1 fully saturated rings. The van der Waals surface area contributed by atoms with Crippen LogP contribution in [0.15, 0.2) is 17.2 Å². The van der Waals surface area contributed by atoms with E-state index in [1.54, 1.807) is 6.07 Å². The van der Waals surface area contributed by atoms with E-state index in [-0.39, 0.29) is 5.69 Å². The van der Waals surface area contributed by atoms with Crippen molar-refractivity contribution in [3.63, 3.8) is 0 Å². The summed E-state index contributed by atoms with van der Waals surface area (Å²) in [4.78, 5) is 18.1. The van der Waals surface area contributed by atoms with E-state index >= 15 is 0 Å². The summed E-state index contributed by atoms with van der Waals surface area (Å²) in [7, 11) is 0. The van der Waals surface area contributed by atoms with E-state index in [0.717, 1.165) is 31.7 Å². The molecule has 0 aliphatic carbocycles. The zero-order chi connectivity index (χ0) is 13.9. The molecule has 7 heteroatoms. The molecule has 1 aliphatic rings. The van der Waals surface area contributed by atoms with Crippen molar-refractivity contribution in [1.82, 2.24) is 24.5 Å². The molecule has 1 aliphatic heterocycles. The fraction of sp³-hybridized carbons (Fsp3) is 0.615. The van der Waals surface area contributed by atoms with Crippen LogP contribution in [-0.4, -0.2) is 50.2 Å². The molecule has 0 radical (unpaired) electrons. The molecular formula is C13H20N6O. The van der Waals surface area contributed by atoms with Gasteiger partial charge in [0.15, 0.2) is 5.65 Å². The van der Waals surface area contributed by atoms with Gasteiger partial charge < -0.3 is 10.2 Å². The Kier molecular flexibility index (Phi) is 3.68. The molecule has 108 valence electrons. The number of anilines is 1. The van der Waals surface area contributed by atoms with Gasteiger partial charge in [-0.1, -0.05) is 6.92 Å². The minimum atomic E-state index is -0.257. The van der Waals surface area contributed by atoms with Crippen LogP contribution in [0.5, 0.6) is 0 Å². The second-order valence-corrected chi connectivity index (χ2v) is 5.29. The maximum atomic E-state index is 11.4. The largest absolute Gasteiger partial charge is 0.367 e. The van der Waals surface area contributed by atoms with Crippen molar-refractivity contribution in [1.29, 1.82) is 0 Å². The van der Waals surface area contributed by atoms with Gasteiger partial charge in [-0.05, 0) is 25.8 Å². The Balaban J connectivity index is 1.64. The van der Waals surface area contributed by atoms with Gasteiger partial charge in [-0.25, -0.2) is 19.3 Å². The molecule has 7 nitrogen and oxygen atoms in total. The SMILES string of the molecule is CCCN1CCC(Nc2cc3n[nH]c(=O)n3cn2)CC1. The van der Waals surface area contributed by atoms with Crippen LogP contribution >= 0.6 is 0 Å². The van der Waals surface area contributed by atoms with Gasteiger partial charge in [0.25, 0.3) is 0 Å². The van der Waals surface area contributed by atoms with Crippen LogP contribution < -0.4 is 11.0 Å². The summed E-state index contributed by atoms with van der Waals surface area (Å²) in [6, 6.07) is 2.25. The summed E-state index contributed by atoms with van der Waals surface area (Å²) in [5.41, 5.74) is 0.336. The Morgan fingerprint density at radius 2 is 2.25 bits per heavy atom. The number of aromatic nitrogens is 4. The monoisotopic (exact) mass is 276 g/mol. The van der Waals surface area contributed by atoms with E-state index in [4.69, 9.17) is 0 Å². The Hall–Kier alpha value is -1.89. The predicted molar refractivity (Wildman–Crippen MR) is 77.0 cm³/mol.